The zero-order valence-electron chi connectivity index (χ0n) is 13.9. The summed E-state index contributed by atoms with van der Waals surface area (Å²) in [6.45, 7) is 1.98. The highest BCUT2D eigenvalue weighted by Crippen LogP contribution is 2.24. The van der Waals surface area contributed by atoms with Gasteiger partial charge in [0.15, 0.2) is 0 Å². The van der Waals surface area contributed by atoms with E-state index >= 15 is 0 Å². The molecular weight excluding hydrogens is 336 g/mol. The summed E-state index contributed by atoms with van der Waals surface area (Å²) in [6, 6.07) is 12.5. The molecule has 7 nitrogen and oxygen atoms in total. The number of esters is 1. The van der Waals surface area contributed by atoms with Crippen LogP contribution in [0.2, 0.25) is 0 Å². The van der Waals surface area contributed by atoms with E-state index in [1.54, 1.807) is 25.1 Å². The van der Waals surface area contributed by atoms with Gasteiger partial charge in [-0.25, -0.2) is 9.80 Å². The van der Waals surface area contributed by atoms with E-state index in [9.17, 15) is 19.5 Å². The van der Waals surface area contributed by atoms with Crippen LogP contribution in [0.1, 0.15) is 22.8 Å². The third-order valence-electron chi connectivity index (χ3n) is 3.76. The van der Waals surface area contributed by atoms with Gasteiger partial charge in [-0.1, -0.05) is 18.2 Å². The summed E-state index contributed by atoms with van der Waals surface area (Å²) in [5.74, 6) is -1.62. The smallest absolute Gasteiger partial charge is 0.338 e. The molecule has 0 unspecified atom stereocenters. The van der Waals surface area contributed by atoms with Crippen molar-refractivity contribution in [2.75, 3.05) is 11.6 Å². The molecule has 26 heavy (non-hydrogen) atoms. The fourth-order valence-electron chi connectivity index (χ4n) is 2.47. The van der Waals surface area contributed by atoms with E-state index in [1.165, 1.54) is 36.4 Å². The van der Waals surface area contributed by atoms with Crippen LogP contribution in [0, 0.1) is 0 Å². The van der Waals surface area contributed by atoms with Crippen LogP contribution in [0.4, 0.5) is 5.69 Å². The Morgan fingerprint density at radius 3 is 2.50 bits per heavy atom. The van der Waals surface area contributed by atoms with Crippen LogP contribution in [-0.4, -0.2) is 29.5 Å². The van der Waals surface area contributed by atoms with Crippen molar-refractivity contribution in [3.05, 3.63) is 65.2 Å². The molecule has 0 saturated carbocycles. The standard InChI is InChI=1S/C19H16N2O5/c1-2-26-19(25)12-7-9-14(10-8-12)21-18(24)15(17(23)20-21)11-13-5-3-4-6-16(13)22/h3-11,22H,2H2,1H3,(H,20,23). The Labute approximate surface area is 149 Å². The number of hydrogen-bond acceptors (Lipinski definition) is 5. The molecule has 1 saturated heterocycles. The first-order valence-electron chi connectivity index (χ1n) is 7.93. The van der Waals surface area contributed by atoms with E-state index in [0.717, 1.165) is 5.01 Å². The summed E-state index contributed by atoms with van der Waals surface area (Å²) in [6.07, 6.45) is 1.33. The number of carbonyl (C=O) groups is 3. The zero-order chi connectivity index (χ0) is 18.7. The van der Waals surface area contributed by atoms with E-state index in [0.29, 0.717) is 16.8 Å². The van der Waals surface area contributed by atoms with Gasteiger partial charge >= 0.3 is 5.97 Å². The van der Waals surface area contributed by atoms with E-state index in [-0.39, 0.29) is 17.9 Å². The summed E-state index contributed by atoms with van der Waals surface area (Å²) in [5, 5.41) is 10.9. The van der Waals surface area contributed by atoms with Crippen molar-refractivity contribution in [2.45, 2.75) is 6.92 Å². The number of nitrogens with one attached hydrogen (secondary N) is 1. The Morgan fingerprint density at radius 1 is 1.15 bits per heavy atom. The Morgan fingerprint density at radius 2 is 1.85 bits per heavy atom. The molecule has 2 amide bonds. The van der Waals surface area contributed by atoms with Gasteiger partial charge in [0, 0.05) is 5.56 Å². The highest BCUT2D eigenvalue weighted by molar-refractivity contribution is 6.31. The van der Waals surface area contributed by atoms with Crippen molar-refractivity contribution in [3.63, 3.8) is 0 Å². The summed E-state index contributed by atoms with van der Waals surface area (Å²) in [5.41, 5.74) is 3.48. The van der Waals surface area contributed by atoms with E-state index in [1.807, 2.05) is 0 Å². The second-order valence-corrected chi connectivity index (χ2v) is 5.47. The molecule has 1 aliphatic rings. The first-order valence-corrected chi connectivity index (χ1v) is 7.93. The first-order chi connectivity index (χ1) is 12.5. The van der Waals surface area contributed by atoms with Gasteiger partial charge in [-0.2, -0.15) is 0 Å². The summed E-state index contributed by atoms with van der Waals surface area (Å²) >= 11 is 0. The number of nitrogens with zero attached hydrogens (tertiary/aromatic N) is 1. The highest BCUT2D eigenvalue weighted by atomic mass is 16.5. The summed E-state index contributed by atoms with van der Waals surface area (Å²) in [4.78, 5) is 36.4. The summed E-state index contributed by atoms with van der Waals surface area (Å²) in [7, 11) is 0. The monoisotopic (exact) mass is 352 g/mol. The molecule has 132 valence electrons. The van der Waals surface area contributed by atoms with Gasteiger partial charge in [0.2, 0.25) is 0 Å². The second-order valence-electron chi connectivity index (χ2n) is 5.47. The topological polar surface area (TPSA) is 95.9 Å². The van der Waals surface area contributed by atoms with Crippen LogP contribution in [0.5, 0.6) is 5.75 Å². The normalized spacial score (nSPS) is 15.3. The van der Waals surface area contributed by atoms with Crippen LogP contribution in [0.15, 0.2) is 54.1 Å². The zero-order valence-corrected chi connectivity index (χ0v) is 13.9. The van der Waals surface area contributed by atoms with Crippen LogP contribution in [-0.2, 0) is 14.3 Å². The lowest BCUT2D eigenvalue weighted by molar-refractivity contribution is -0.117. The number of amides is 2. The lowest BCUT2D eigenvalue weighted by atomic mass is 10.1. The number of phenolic OH excluding ortho intramolecular Hbond substituents is 1. The Hall–Kier alpha value is -3.61. The van der Waals surface area contributed by atoms with Crippen molar-refractivity contribution in [3.8, 4) is 5.75 Å². The van der Waals surface area contributed by atoms with E-state index in [2.05, 4.69) is 5.43 Å². The third kappa shape index (κ3) is 3.27. The number of benzene rings is 2. The molecule has 2 aromatic carbocycles. The number of para-hydroxylation sites is 1. The van der Waals surface area contributed by atoms with Crippen molar-refractivity contribution >= 4 is 29.5 Å². The van der Waals surface area contributed by atoms with Gasteiger partial charge in [0.25, 0.3) is 11.8 Å². The maximum absolute atomic E-state index is 12.6. The predicted molar refractivity (Wildman–Crippen MR) is 94.1 cm³/mol. The molecule has 0 spiro atoms. The molecule has 2 aromatic rings. The molecule has 0 aliphatic carbocycles. The maximum atomic E-state index is 12.6. The highest BCUT2D eigenvalue weighted by Gasteiger charge is 2.34. The number of phenols is 1. The third-order valence-corrected chi connectivity index (χ3v) is 3.76. The van der Waals surface area contributed by atoms with E-state index in [4.69, 9.17) is 4.74 Å². The molecule has 0 bridgehead atoms. The van der Waals surface area contributed by atoms with Crippen molar-refractivity contribution in [1.29, 1.82) is 0 Å². The number of ether oxygens (including phenoxy) is 1. The van der Waals surface area contributed by atoms with Crippen molar-refractivity contribution in [1.82, 2.24) is 5.43 Å². The molecular formula is C19H16N2O5. The van der Waals surface area contributed by atoms with E-state index < -0.39 is 17.8 Å². The van der Waals surface area contributed by atoms with Gasteiger partial charge in [-0.3, -0.25) is 15.0 Å². The van der Waals surface area contributed by atoms with Crippen LogP contribution in [0.25, 0.3) is 6.08 Å². The average Bonchev–Trinajstić information content (AvgIpc) is 2.92. The molecule has 3 rings (SSSR count). The fourth-order valence-corrected chi connectivity index (χ4v) is 2.47. The minimum atomic E-state index is -0.576. The van der Waals surface area contributed by atoms with Crippen molar-refractivity contribution < 1.29 is 24.2 Å². The molecule has 2 N–H and O–H groups in total. The largest absolute Gasteiger partial charge is 0.507 e. The Balaban J connectivity index is 1.85. The number of rotatable bonds is 4. The first kappa shape index (κ1) is 17.2. The quantitative estimate of drug-likeness (QED) is 0.499. The van der Waals surface area contributed by atoms with Gasteiger partial charge in [0.05, 0.1) is 17.9 Å². The average molecular weight is 352 g/mol. The second kappa shape index (κ2) is 7.10. The summed E-state index contributed by atoms with van der Waals surface area (Å²) < 4.78 is 4.90. The number of anilines is 1. The van der Waals surface area contributed by atoms with Crippen LogP contribution < -0.4 is 10.4 Å². The van der Waals surface area contributed by atoms with Crippen LogP contribution >= 0.6 is 0 Å². The van der Waals surface area contributed by atoms with Gasteiger partial charge in [0.1, 0.15) is 11.3 Å². The molecule has 1 fully saturated rings. The predicted octanol–water partition coefficient (Wildman–Crippen LogP) is 2.03. The van der Waals surface area contributed by atoms with Crippen LogP contribution in [0.3, 0.4) is 0 Å². The lowest BCUT2D eigenvalue weighted by Crippen LogP contribution is -2.35. The Bertz CT molecular complexity index is 902. The fraction of sp³-hybridized carbons (Fsp3) is 0.105. The molecule has 0 aromatic heterocycles. The van der Waals surface area contributed by atoms with Crippen molar-refractivity contribution in [2.24, 2.45) is 0 Å². The minimum Gasteiger partial charge on any atom is -0.507 e. The Kier molecular flexibility index (Phi) is 4.70. The lowest BCUT2D eigenvalue weighted by Gasteiger charge is -2.14. The number of carbonyl (C=O) groups excluding carboxylic acids is 3. The van der Waals surface area contributed by atoms with Gasteiger partial charge in [-0.05, 0) is 43.3 Å². The van der Waals surface area contributed by atoms with Gasteiger partial charge < -0.3 is 9.84 Å². The minimum absolute atomic E-state index is 0.0298. The number of hydrogen-bond donors (Lipinski definition) is 2. The molecule has 0 atom stereocenters. The maximum Gasteiger partial charge on any atom is 0.338 e. The molecule has 0 radical (unpaired) electrons. The number of hydrazine groups is 1. The van der Waals surface area contributed by atoms with Gasteiger partial charge in [-0.15, -0.1) is 0 Å². The molecule has 7 heteroatoms. The number of aromatic hydroxyl groups is 1. The molecule has 1 aliphatic heterocycles. The SMILES string of the molecule is CCOC(=O)c1ccc(N2NC(=O)C(=Cc3ccccc3O)C2=O)cc1. The molecule has 1 heterocycles.